The summed E-state index contributed by atoms with van der Waals surface area (Å²) < 4.78 is 16.7. The lowest BCUT2D eigenvalue weighted by atomic mass is 10.1. The molecule has 0 fully saturated rings. The summed E-state index contributed by atoms with van der Waals surface area (Å²) in [6, 6.07) is 0. The topological polar surface area (TPSA) is 78.9 Å². The van der Waals surface area contributed by atoms with Gasteiger partial charge in [-0.25, -0.2) is 0 Å². The van der Waals surface area contributed by atoms with Crippen LogP contribution in [0.3, 0.4) is 0 Å². The van der Waals surface area contributed by atoms with Gasteiger partial charge in [0.15, 0.2) is 6.10 Å². The van der Waals surface area contributed by atoms with Gasteiger partial charge in [-0.05, 0) is 122 Å². The third-order valence-corrected chi connectivity index (χ3v) is 10.4. The molecule has 0 aliphatic heterocycles. The van der Waals surface area contributed by atoms with Gasteiger partial charge in [-0.3, -0.25) is 14.4 Å². The Kier molecular flexibility index (Phi) is 50.1. The van der Waals surface area contributed by atoms with Crippen molar-refractivity contribution in [2.45, 2.75) is 207 Å². The first-order valence-electron chi connectivity index (χ1n) is 26.4. The van der Waals surface area contributed by atoms with Crippen LogP contribution in [0.4, 0.5) is 0 Å². The molecule has 0 N–H and O–H groups in total. The summed E-state index contributed by atoms with van der Waals surface area (Å²) in [4.78, 5) is 38.0. The van der Waals surface area contributed by atoms with E-state index in [9.17, 15) is 14.4 Å². The van der Waals surface area contributed by atoms with Crippen LogP contribution in [0.25, 0.3) is 0 Å². The zero-order valence-electron chi connectivity index (χ0n) is 42.6. The van der Waals surface area contributed by atoms with E-state index in [1.807, 2.05) is 6.08 Å². The van der Waals surface area contributed by atoms with Gasteiger partial charge in [-0.15, -0.1) is 0 Å². The number of hydrogen-bond donors (Lipinski definition) is 0. The van der Waals surface area contributed by atoms with E-state index in [2.05, 4.69) is 161 Å². The molecule has 0 radical (unpaired) electrons. The maximum absolute atomic E-state index is 12.8. The minimum Gasteiger partial charge on any atom is -0.462 e. The molecule has 1 atom stereocenters. The minimum absolute atomic E-state index is 0.128. The maximum atomic E-state index is 12.8. The number of esters is 3. The van der Waals surface area contributed by atoms with Crippen molar-refractivity contribution in [3.8, 4) is 0 Å². The Labute approximate surface area is 410 Å². The van der Waals surface area contributed by atoms with Crippen LogP contribution in [0.2, 0.25) is 0 Å². The number of rotatable bonds is 45. The van der Waals surface area contributed by atoms with Gasteiger partial charge in [0.05, 0.1) is 0 Å². The first kappa shape index (κ1) is 62.3. The fourth-order valence-electron chi connectivity index (χ4n) is 6.46. The molecule has 0 heterocycles. The summed E-state index contributed by atoms with van der Waals surface area (Å²) in [5.74, 6) is -1.05. The molecule has 0 amide bonds. The Morgan fingerprint density at radius 1 is 0.328 bits per heavy atom. The molecule has 0 aromatic carbocycles. The summed E-state index contributed by atoms with van der Waals surface area (Å²) in [6.45, 7) is 6.24. The number of allylic oxidation sites excluding steroid dienone is 24. The van der Waals surface area contributed by atoms with Crippen LogP contribution < -0.4 is 0 Å². The van der Waals surface area contributed by atoms with Gasteiger partial charge in [0.1, 0.15) is 13.2 Å². The van der Waals surface area contributed by atoms with Crippen molar-refractivity contribution < 1.29 is 28.6 Å². The predicted octanol–water partition coefficient (Wildman–Crippen LogP) is 17.6. The Morgan fingerprint density at radius 2 is 0.672 bits per heavy atom. The van der Waals surface area contributed by atoms with Gasteiger partial charge < -0.3 is 14.2 Å². The quantitative estimate of drug-likeness (QED) is 0.0199. The van der Waals surface area contributed by atoms with Crippen molar-refractivity contribution in [1.82, 2.24) is 0 Å². The van der Waals surface area contributed by atoms with Gasteiger partial charge in [-0.1, -0.05) is 205 Å². The van der Waals surface area contributed by atoms with Crippen molar-refractivity contribution >= 4 is 17.9 Å². The predicted molar refractivity (Wildman–Crippen MR) is 288 cm³/mol. The molecule has 6 heteroatoms. The van der Waals surface area contributed by atoms with Gasteiger partial charge in [-0.2, -0.15) is 0 Å². The van der Waals surface area contributed by atoms with Gasteiger partial charge in [0, 0.05) is 19.3 Å². The van der Waals surface area contributed by atoms with E-state index in [0.29, 0.717) is 19.3 Å². The molecule has 0 aromatic rings. The fourth-order valence-corrected chi connectivity index (χ4v) is 6.46. The van der Waals surface area contributed by atoms with Crippen molar-refractivity contribution in [1.29, 1.82) is 0 Å². The molecule has 0 aromatic heterocycles. The molecular formula is C61H94O6. The largest absolute Gasteiger partial charge is 0.462 e. The number of ether oxygens (including phenoxy) is 3. The normalized spacial score (nSPS) is 13.3. The summed E-state index contributed by atoms with van der Waals surface area (Å²) in [6.07, 6.45) is 76.9. The first-order valence-corrected chi connectivity index (χ1v) is 26.4. The fraction of sp³-hybridized carbons (Fsp3) is 0.557. The lowest BCUT2D eigenvalue weighted by Gasteiger charge is -2.18. The molecule has 0 bridgehead atoms. The average Bonchev–Trinajstić information content (AvgIpc) is 3.33. The van der Waals surface area contributed by atoms with Crippen molar-refractivity contribution in [3.63, 3.8) is 0 Å². The number of hydrogen-bond acceptors (Lipinski definition) is 6. The van der Waals surface area contributed by atoms with Crippen LogP contribution in [0.15, 0.2) is 146 Å². The summed E-state index contributed by atoms with van der Waals surface area (Å²) >= 11 is 0. The van der Waals surface area contributed by atoms with Crippen molar-refractivity contribution in [3.05, 3.63) is 146 Å². The van der Waals surface area contributed by atoms with E-state index in [-0.39, 0.29) is 37.5 Å². The zero-order chi connectivity index (χ0) is 48.6. The highest BCUT2D eigenvalue weighted by Crippen LogP contribution is 2.11. The zero-order valence-corrected chi connectivity index (χ0v) is 42.6. The first-order chi connectivity index (χ1) is 33.0. The van der Waals surface area contributed by atoms with Gasteiger partial charge >= 0.3 is 17.9 Å². The van der Waals surface area contributed by atoms with Gasteiger partial charge in [0.25, 0.3) is 0 Å². The maximum Gasteiger partial charge on any atom is 0.306 e. The third kappa shape index (κ3) is 52.1. The number of carbonyl (C=O) groups excluding carboxylic acids is 3. The highest BCUT2D eigenvalue weighted by molar-refractivity contribution is 5.71. The molecule has 0 spiro atoms. The van der Waals surface area contributed by atoms with Crippen molar-refractivity contribution in [2.75, 3.05) is 13.2 Å². The minimum atomic E-state index is -0.835. The lowest BCUT2D eigenvalue weighted by molar-refractivity contribution is -0.167. The molecule has 67 heavy (non-hydrogen) atoms. The molecule has 0 aliphatic carbocycles. The van der Waals surface area contributed by atoms with Gasteiger partial charge in [0.2, 0.25) is 0 Å². The lowest BCUT2D eigenvalue weighted by Crippen LogP contribution is -2.30. The molecule has 6 nitrogen and oxygen atoms in total. The summed E-state index contributed by atoms with van der Waals surface area (Å²) in [7, 11) is 0. The standard InChI is InChI=1S/C61H94O6/c1-4-7-10-13-16-19-22-25-27-29-30-32-33-36-39-42-45-48-51-54-60(63)66-57-58(56-65-59(62)53-50-47-44-41-38-35-24-21-18-15-12-9-6-3)67-61(64)55-52-49-46-43-40-37-34-31-28-26-23-20-17-14-11-8-5-2/h7,9-10,12,15-21,24-28,30,32,34,36-37,39,43,46,58H,4-6,8,11,13-14,22-23,29,31,33,35,38,40-42,44-45,47-57H2,1-3H3/b10-7-,12-9-,18-15-,19-16-,20-17-,24-21-,27-25-,28-26-,32-30-,37-34-,39-36-,46-43-. The Balaban J connectivity index is 4.59. The molecule has 1 unspecified atom stereocenters. The second-order valence-corrected chi connectivity index (χ2v) is 16.7. The summed E-state index contributed by atoms with van der Waals surface area (Å²) in [5, 5.41) is 0. The SMILES string of the molecule is CC\C=C/C=C\C=C/CCCCCCCC(=O)OCC(COC(=O)CCCCC/C=C\C/C=C\C/C=C\C/C=C\C/C=C\CC)OC(=O)CCC/C=C\C/C=C\C/C=C\C/C=C\CCCCC. The Bertz CT molecular complexity index is 1530. The molecule has 0 rings (SSSR count). The van der Waals surface area contributed by atoms with Crippen LogP contribution in [-0.4, -0.2) is 37.2 Å². The van der Waals surface area contributed by atoms with Crippen LogP contribution in [0.1, 0.15) is 201 Å². The van der Waals surface area contributed by atoms with Crippen molar-refractivity contribution in [2.24, 2.45) is 0 Å². The van der Waals surface area contributed by atoms with E-state index >= 15 is 0 Å². The molecule has 0 saturated heterocycles. The smallest absolute Gasteiger partial charge is 0.306 e. The Morgan fingerprint density at radius 3 is 1.13 bits per heavy atom. The second kappa shape index (κ2) is 53.9. The monoisotopic (exact) mass is 923 g/mol. The molecule has 0 saturated carbocycles. The van der Waals surface area contributed by atoms with E-state index in [0.717, 1.165) is 128 Å². The summed E-state index contributed by atoms with van der Waals surface area (Å²) in [5.41, 5.74) is 0. The van der Waals surface area contributed by atoms with E-state index in [1.165, 1.54) is 25.7 Å². The third-order valence-electron chi connectivity index (χ3n) is 10.4. The molecular weight excluding hydrogens is 829 g/mol. The van der Waals surface area contributed by atoms with E-state index in [1.54, 1.807) is 0 Å². The highest BCUT2D eigenvalue weighted by atomic mass is 16.6. The van der Waals surface area contributed by atoms with Crippen LogP contribution >= 0.6 is 0 Å². The average molecular weight is 923 g/mol. The van der Waals surface area contributed by atoms with E-state index < -0.39 is 6.10 Å². The molecule has 0 aliphatic rings. The number of carbonyl (C=O) groups is 3. The van der Waals surface area contributed by atoms with Crippen LogP contribution in [-0.2, 0) is 28.6 Å². The van der Waals surface area contributed by atoms with Crippen LogP contribution in [0, 0.1) is 0 Å². The highest BCUT2D eigenvalue weighted by Gasteiger charge is 2.19. The Hall–Kier alpha value is -4.71. The van der Waals surface area contributed by atoms with Crippen LogP contribution in [0.5, 0.6) is 0 Å². The second-order valence-electron chi connectivity index (χ2n) is 16.7. The number of unbranched alkanes of at least 4 members (excludes halogenated alkanes) is 12. The van der Waals surface area contributed by atoms with E-state index in [4.69, 9.17) is 14.2 Å². The molecule has 374 valence electrons.